The predicted molar refractivity (Wildman–Crippen MR) is 71.6 cm³/mol. The molecule has 2 aromatic carbocycles. The van der Waals surface area contributed by atoms with Gasteiger partial charge in [0.25, 0.3) is 0 Å². The van der Waals surface area contributed by atoms with Gasteiger partial charge in [0.2, 0.25) is 0 Å². The molecule has 2 heteroatoms. The van der Waals surface area contributed by atoms with E-state index in [4.69, 9.17) is 0 Å². The van der Waals surface area contributed by atoms with Crippen molar-refractivity contribution in [3.63, 3.8) is 0 Å². The average Bonchev–Trinajstić information content (AvgIpc) is 2.41. The fraction of sp³-hybridized carbons (Fsp3) is 0.188. The van der Waals surface area contributed by atoms with E-state index in [1.54, 1.807) is 0 Å². The van der Waals surface area contributed by atoms with Gasteiger partial charge in [0.1, 0.15) is 0 Å². The molecular weight excluding hydrogens is 224 g/mol. The van der Waals surface area contributed by atoms with Gasteiger partial charge < -0.3 is 5.11 Å². The first-order valence-electron chi connectivity index (χ1n) is 6.09. The molecular formula is C16H16O2. The highest BCUT2D eigenvalue weighted by Crippen LogP contribution is 2.21. The third kappa shape index (κ3) is 3.20. The molecule has 0 unspecified atom stereocenters. The molecule has 0 fully saturated rings. The van der Waals surface area contributed by atoms with Gasteiger partial charge in [0.05, 0.1) is 5.92 Å². The van der Waals surface area contributed by atoms with Crippen LogP contribution in [0.4, 0.5) is 0 Å². The highest BCUT2D eigenvalue weighted by atomic mass is 16.4. The molecule has 0 aliphatic carbocycles. The lowest BCUT2D eigenvalue weighted by Crippen LogP contribution is -2.12. The Balaban J connectivity index is 2.06. The van der Waals surface area contributed by atoms with Crippen LogP contribution >= 0.6 is 0 Å². The summed E-state index contributed by atoms with van der Waals surface area (Å²) < 4.78 is 0. The van der Waals surface area contributed by atoms with Crippen LogP contribution < -0.4 is 0 Å². The molecule has 1 atom stereocenters. The number of carboxylic acids is 1. The van der Waals surface area contributed by atoms with Crippen LogP contribution in [0, 0.1) is 0 Å². The third-order valence-corrected chi connectivity index (χ3v) is 3.06. The third-order valence-electron chi connectivity index (χ3n) is 3.06. The smallest absolute Gasteiger partial charge is 0.310 e. The van der Waals surface area contributed by atoms with Gasteiger partial charge in [-0.05, 0) is 24.0 Å². The van der Waals surface area contributed by atoms with Gasteiger partial charge in [-0.2, -0.15) is 0 Å². The van der Waals surface area contributed by atoms with Gasteiger partial charge in [0, 0.05) is 0 Å². The van der Waals surface area contributed by atoms with E-state index < -0.39 is 11.9 Å². The Morgan fingerprint density at radius 2 is 1.50 bits per heavy atom. The van der Waals surface area contributed by atoms with Crippen molar-refractivity contribution in [1.29, 1.82) is 0 Å². The summed E-state index contributed by atoms with van der Waals surface area (Å²) in [4.78, 5) is 11.3. The summed E-state index contributed by atoms with van der Waals surface area (Å²) in [6.45, 7) is 0. The lowest BCUT2D eigenvalue weighted by molar-refractivity contribution is -0.138. The van der Waals surface area contributed by atoms with Crippen LogP contribution in [0.25, 0.3) is 0 Å². The van der Waals surface area contributed by atoms with E-state index in [0.29, 0.717) is 6.42 Å². The van der Waals surface area contributed by atoms with Crippen molar-refractivity contribution >= 4 is 5.97 Å². The van der Waals surface area contributed by atoms with Crippen LogP contribution in [0.15, 0.2) is 60.7 Å². The minimum absolute atomic E-state index is 0.425. The molecule has 92 valence electrons. The summed E-state index contributed by atoms with van der Waals surface area (Å²) in [7, 11) is 0. The van der Waals surface area contributed by atoms with Crippen molar-refractivity contribution in [2.75, 3.05) is 0 Å². The maximum atomic E-state index is 11.3. The number of hydrogen-bond acceptors (Lipinski definition) is 1. The zero-order valence-corrected chi connectivity index (χ0v) is 10.1. The van der Waals surface area contributed by atoms with Crippen molar-refractivity contribution in [2.24, 2.45) is 0 Å². The summed E-state index contributed by atoms with van der Waals surface area (Å²) in [5.74, 6) is -1.18. The second kappa shape index (κ2) is 6.01. The van der Waals surface area contributed by atoms with Gasteiger partial charge in [-0.1, -0.05) is 60.7 Å². The molecule has 0 heterocycles. The molecule has 0 saturated carbocycles. The van der Waals surface area contributed by atoms with Crippen LogP contribution in [-0.2, 0) is 11.2 Å². The second-order valence-electron chi connectivity index (χ2n) is 4.33. The minimum Gasteiger partial charge on any atom is -0.481 e. The molecule has 0 aliphatic rings. The lowest BCUT2D eigenvalue weighted by Gasteiger charge is -2.12. The molecule has 1 N–H and O–H groups in total. The number of carbonyl (C=O) groups is 1. The number of benzene rings is 2. The Labute approximate surface area is 107 Å². The Morgan fingerprint density at radius 3 is 2.06 bits per heavy atom. The van der Waals surface area contributed by atoms with Gasteiger partial charge in [-0.15, -0.1) is 0 Å². The Bertz CT molecular complexity index is 491. The summed E-state index contributed by atoms with van der Waals surface area (Å²) >= 11 is 0. The Kier molecular flexibility index (Phi) is 4.13. The minimum atomic E-state index is -0.753. The van der Waals surface area contributed by atoms with Crippen molar-refractivity contribution in [2.45, 2.75) is 18.8 Å². The monoisotopic (exact) mass is 240 g/mol. The molecule has 0 radical (unpaired) electrons. The number of rotatable bonds is 5. The van der Waals surface area contributed by atoms with Crippen LogP contribution in [0.1, 0.15) is 23.5 Å². The highest BCUT2D eigenvalue weighted by molar-refractivity contribution is 5.76. The Hall–Kier alpha value is -2.09. The molecule has 18 heavy (non-hydrogen) atoms. The molecule has 2 rings (SSSR count). The van der Waals surface area contributed by atoms with Gasteiger partial charge in [-0.25, -0.2) is 0 Å². The number of carboxylic acid groups (broad SMARTS) is 1. The van der Waals surface area contributed by atoms with Gasteiger partial charge >= 0.3 is 5.97 Å². The fourth-order valence-electron chi connectivity index (χ4n) is 2.07. The van der Waals surface area contributed by atoms with E-state index >= 15 is 0 Å². The van der Waals surface area contributed by atoms with E-state index in [2.05, 4.69) is 0 Å². The van der Waals surface area contributed by atoms with E-state index in [1.165, 1.54) is 5.56 Å². The van der Waals surface area contributed by atoms with E-state index in [9.17, 15) is 9.90 Å². The molecule has 0 spiro atoms. The zero-order chi connectivity index (χ0) is 12.8. The molecule has 0 saturated heterocycles. The molecule has 2 nitrogen and oxygen atoms in total. The topological polar surface area (TPSA) is 37.3 Å². The summed E-state index contributed by atoms with van der Waals surface area (Å²) in [6, 6.07) is 19.4. The standard InChI is InChI=1S/C16H16O2/c17-16(18)15(14-9-5-2-6-10-14)12-11-13-7-3-1-4-8-13/h1-10,15H,11-12H2,(H,17,18)/t15-/m0/s1. The number of aliphatic carboxylic acids is 1. The van der Waals surface area contributed by atoms with E-state index in [-0.39, 0.29) is 0 Å². The van der Waals surface area contributed by atoms with E-state index in [0.717, 1.165) is 12.0 Å². The quantitative estimate of drug-likeness (QED) is 0.868. The normalized spacial score (nSPS) is 12.0. The van der Waals surface area contributed by atoms with Crippen LogP contribution in [0.2, 0.25) is 0 Å². The maximum Gasteiger partial charge on any atom is 0.310 e. The van der Waals surface area contributed by atoms with Gasteiger partial charge in [-0.3, -0.25) is 4.79 Å². The predicted octanol–water partition coefficient (Wildman–Crippen LogP) is 3.49. The first kappa shape index (κ1) is 12.4. The first-order chi connectivity index (χ1) is 8.77. The fourth-order valence-corrected chi connectivity index (χ4v) is 2.07. The summed E-state index contributed by atoms with van der Waals surface area (Å²) in [5, 5.41) is 9.30. The Morgan fingerprint density at radius 1 is 0.944 bits per heavy atom. The second-order valence-corrected chi connectivity index (χ2v) is 4.33. The molecule has 0 amide bonds. The number of aryl methyl sites for hydroxylation is 1. The maximum absolute atomic E-state index is 11.3. The van der Waals surface area contributed by atoms with Crippen LogP contribution in [0.3, 0.4) is 0 Å². The summed E-state index contributed by atoms with van der Waals surface area (Å²) in [6.07, 6.45) is 1.41. The summed E-state index contributed by atoms with van der Waals surface area (Å²) in [5.41, 5.74) is 2.06. The van der Waals surface area contributed by atoms with Crippen molar-refractivity contribution in [1.82, 2.24) is 0 Å². The first-order valence-corrected chi connectivity index (χ1v) is 6.09. The van der Waals surface area contributed by atoms with E-state index in [1.807, 2.05) is 60.7 Å². The van der Waals surface area contributed by atoms with Crippen LogP contribution in [0.5, 0.6) is 0 Å². The zero-order valence-electron chi connectivity index (χ0n) is 10.1. The molecule has 0 aliphatic heterocycles. The van der Waals surface area contributed by atoms with Crippen molar-refractivity contribution in [3.8, 4) is 0 Å². The van der Waals surface area contributed by atoms with Gasteiger partial charge in [0.15, 0.2) is 0 Å². The van der Waals surface area contributed by atoms with Crippen molar-refractivity contribution < 1.29 is 9.90 Å². The lowest BCUT2D eigenvalue weighted by atomic mass is 9.92. The molecule has 0 bridgehead atoms. The number of hydrogen-bond donors (Lipinski definition) is 1. The molecule has 2 aromatic rings. The largest absolute Gasteiger partial charge is 0.481 e. The average molecular weight is 240 g/mol. The highest BCUT2D eigenvalue weighted by Gasteiger charge is 2.18. The van der Waals surface area contributed by atoms with Crippen molar-refractivity contribution in [3.05, 3.63) is 71.8 Å². The SMILES string of the molecule is O=C(O)[C@@H](CCc1ccccc1)c1ccccc1. The molecule has 0 aromatic heterocycles. The van der Waals surface area contributed by atoms with Crippen LogP contribution in [-0.4, -0.2) is 11.1 Å².